The minimum Gasteiger partial charge on any atom is -0.508 e. The van der Waals surface area contributed by atoms with Crippen molar-refractivity contribution in [1.29, 1.82) is 0 Å². The van der Waals surface area contributed by atoms with Gasteiger partial charge in [-0.2, -0.15) is 0 Å². The zero-order chi connectivity index (χ0) is 24.4. The summed E-state index contributed by atoms with van der Waals surface area (Å²) in [5, 5.41) is 10.2. The molecule has 0 bridgehead atoms. The Kier molecular flexibility index (Phi) is 16.0. The molecule has 0 unspecified atom stereocenters. The van der Waals surface area contributed by atoms with E-state index in [0.717, 1.165) is 30.4 Å². The number of hydrogen-bond acceptors (Lipinski definition) is 3. The van der Waals surface area contributed by atoms with Crippen LogP contribution < -0.4 is 0 Å². The number of rotatable bonds is 20. The molecule has 0 aliphatic rings. The van der Waals surface area contributed by atoms with Gasteiger partial charge in [0.1, 0.15) is 5.75 Å². The monoisotopic (exact) mass is 460 g/mol. The van der Waals surface area contributed by atoms with Crippen LogP contribution in [0.1, 0.15) is 142 Å². The van der Waals surface area contributed by atoms with Gasteiger partial charge in [-0.05, 0) is 41.9 Å². The molecule has 1 aromatic carbocycles. The van der Waals surface area contributed by atoms with E-state index in [-0.39, 0.29) is 11.4 Å². The maximum Gasteiger partial charge on any atom is 0.306 e. The van der Waals surface area contributed by atoms with Crippen molar-refractivity contribution >= 4 is 5.97 Å². The quantitative estimate of drug-likeness (QED) is 0.156. The number of phenolic OH excluding ortho intramolecular Hbond substituents is 1. The summed E-state index contributed by atoms with van der Waals surface area (Å²) in [6.07, 6.45) is 20.6. The molecule has 0 saturated heterocycles. The fourth-order valence-electron chi connectivity index (χ4n) is 4.27. The molecule has 0 aromatic heterocycles. The second kappa shape index (κ2) is 17.9. The molecular weight excluding hydrogens is 408 g/mol. The Bertz CT molecular complexity index is 635. The largest absolute Gasteiger partial charge is 0.508 e. The average Bonchev–Trinajstić information content (AvgIpc) is 2.80. The molecule has 3 heteroatoms. The molecule has 190 valence electrons. The van der Waals surface area contributed by atoms with Gasteiger partial charge in [0.15, 0.2) is 0 Å². The van der Waals surface area contributed by atoms with E-state index in [1.54, 1.807) is 6.07 Å². The van der Waals surface area contributed by atoms with Gasteiger partial charge in [0, 0.05) is 6.42 Å². The third-order valence-corrected chi connectivity index (χ3v) is 7.05. The van der Waals surface area contributed by atoms with E-state index >= 15 is 0 Å². The molecule has 0 aliphatic heterocycles. The van der Waals surface area contributed by atoms with Crippen LogP contribution in [-0.2, 0) is 21.4 Å². The summed E-state index contributed by atoms with van der Waals surface area (Å²) in [5.41, 5.74) is 1.96. The van der Waals surface area contributed by atoms with E-state index in [0.29, 0.717) is 25.2 Å². The minimum absolute atomic E-state index is 0.0749. The lowest BCUT2D eigenvalue weighted by atomic mass is 9.81. The van der Waals surface area contributed by atoms with Crippen LogP contribution in [0.4, 0.5) is 0 Å². The van der Waals surface area contributed by atoms with E-state index in [1.165, 1.54) is 77.0 Å². The molecule has 0 heterocycles. The molecule has 0 atom stereocenters. The van der Waals surface area contributed by atoms with Crippen LogP contribution in [0.25, 0.3) is 0 Å². The highest BCUT2D eigenvalue weighted by Gasteiger charge is 2.22. The van der Waals surface area contributed by atoms with Crippen molar-refractivity contribution in [2.45, 2.75) is 142 Å². The van der Waals surface area contributed by atoms with Crippen molar-refractivity contribution in [3.8, 4) is 5.75 Å². The lowest BCUT2D eigenvalue weighted by Crippen LogP contribution is -2.16. The second-order valence-electron chi connectivity index (χ2n) is 10.4. The number of benzene rings is 1. The SMILES string of the molecule is CCCCCCCCCCCCCCCCOC(=O)CCc1ccc(O)c(C(C)(C)CC)c1. The van der Waals surface area contributed by atoms with Crippen LogP contribution in [-0.4, -0.2) is 17.7 Å². The average molecular weight is 461 g/mol. The smallest absolute Gasteiger partial charge is 0.306 e. The molecular formula is C30H52O3. The standard InChI is InChI=1S/C30H52O3/c1-5-7-8-9-10-11-12-13-14-15-16-17-18-19-24-33-29(32)23-21-26-20-22-28(31)27(25-26)30(3,4)6-2/h20,22,25,31H,5-19,21,23-24H2,1-4H3. The molecule has 0 radical (unpaired) electrons. The molecule has 33 heavy (non-hydrogen) atoms. The Morgan fingerprint density at radius 2 is 1.33 bits per heavy atom. The fourth-order valence-corrected chi connectivity index (χ4v) is 4.27. The summed E-state index contributed by atoms with van der Waals surface area (Å²) in [4.78, 5) is 12.1. The third-order valence-electron chi connectivity index (χ3n) is 7.05. The van der Waals surface area contributed by atoms with Gasteiger partial charge in [0.2, 0.25) is 0 Å². The summed E-state index contributed by atoms with van der Waals surface area (Å²) in [7, 11) is 0. The minimum atomic E-state index is -0.117. The first-order valence-corrected chi connectivity index (χ1v) is 13.9. The van der Waals surface area contributed by atoms with E-state index in [1.807, 2.05) is 12.1 Å². The number of ether oxygens (including phenoxy) is 1. The van der Waals surface area contributed by atoms with Crippen molar-refractivity contribution in [1.82, 2.24) is 0 Å². The molecule has 0 saturated carbocycles. The molecule has 0 fully saturated rings. The Morgan fingerprint density at radius 3 is 1.85 bits per heavy atom. The predicted octanol–water partition coefficient (Wildman–Crippen LogP) is 9.04. The van der Waals surface area contributed by atoms with Crippen molar-refractivity contribution < 1.29 is 14.6 Å². The Labute approximate surface area is 204 Å². The highest BCUT2D eigenvalue weighted by atomic mass is 16.5. The number of unbranched alkanes of at least 4 members (excludes halogenated alkanes) is 13. The topological polar surface area (TPSA) is 46.5 Å². The van der Waals surface area contributed by atoms with Gasteiger partial charge in [-0.15, -0.1) is 0 Å². The normalized spacial score (nSPS) is 11.6. The summed E-state index contributed by atoms with van der Waals surface area (Å²) in [5.74, 6) is 0.222. The van der Waals surface area contributed by atoms with Gasteiger partial charge in [0.25, 0.3) is 0 Å². The lowest BCUT2D eigenvalue weighted by molar-refractivity contribution is -0.143. The number of phenols is 1. The summed E-state index contributed by atoms with van der Waals surface area (Å²) < 4.78 is 5.42. The summed E-state index contributed by atoms with van der Waals surface area (Å²) >= 11 is 0. The molecule has 1 aromatic rings. The number of aryl methyl sites for hydroxylation is 1. The summed E-state index contributed by atoms with van der Waals surface area (Å²) in [6, 6.07) is 5.70. The zero-order valence-corrected chi connectivity index (χ0v) is 22.2. The van der Waals surface area contributed by atoms with E-state index in [4.69, 9.17) is 4.74 Å². The van der Waals surface area contributed by atoms with E-state index in [2.05, 4.69) is 27.7 Å². The van der Waals surface area contributed by atoms with E-state index in [9.17, 15) is 9.90 Å². The molecule has 0 spiro atoms. The fraction of sp³-hybridized carbons (Fsp3) is 0.767. The Hall–Kier alpha value is -1.51. The molecule has 0 aliphatic carbocycles. The zero-order valence-electron chi connectivity index (χ0n) is 22.2. The number of carbonyl (C=O) groups excluding carboxylic acids is 1. The second-order valence-corrected chi connectivity index (χ2v) is 10.4. The molecule has 1 N–H and O–H groups in total. The van der Waals surface area contributed by atoms with Crippen LogP contribution >= 0.6 is 0 Å². The van der Waals surface area contributed by atoms with Gasteiger partial charge in [-0.3, -0.25) is 4.79 Å². The van der Waals surface area contributed by atoms with Crippen LogP contribution in [0.2, 0.25) is 0 Å². The van der Waals surface area contributed by atoms with Gasteiger partial charge in [0.05, 0.1) is 6.61 Å². The van der Waals surface area contributed by atoms with E-state index < -0.39 is 0 Å². The first kappa shape index (κ1) is 29.5. The van der Waals surface area contributed by atoms with Crippen LogP contribution in [0.5, 0.6) is 5.75 Å². The van der Waals surface area contributed by atoms with Gasteiger partial charge >= 0.3 is 5.97 Å². The highest BCUT2D eigenvalue weighted by Crippen LogP contribution is 2.34. The van der Waals surface area contributed by atoms with Gasteiger partial charge < -0.3 is 9.84 Å². The van der Waals surface area contributed by atoms with Crippen LogP contribution in [0.15, 0.2) is 18.2 Å². The number of hydrogen-bond donors (Lipinski definition) is 1. The predicted molar refractivity (Wildman–Crippen MR) is 141 cm³/mol. The lowest BCUT2D eigenvalue weighted by Gasteiger charge is -2.25. The van der Waals surface area contributed by atoms with Crippen LogP contribution in [0.3, 0.4) is 0 Å². The number of esters is 1. The number of aromatic hydroxyl groups is 1. The molecule has 3 nitrogen and oxygen atoms in total. The summed E-state index contributed by atoms with van der Waals surface area (Å²) in [6.45, 7) is 9.21. The third kappa shape index (κ3) is 13.7. The van der Waals surface area contributed by atoms with Crippen molar-refractivity contribution in [2.75, 3.05) is 6.61 Å². The Morgan fingerprint density at radius 1 is 0.818 bits per heavy atom. The Balaban J connectivity index is 2.01. The van der Waals surface area contributed by atoms with Crippen molar-refractivity contribution in [3.05, 3.63) is 29.3 Å². The van der Waals surface area contributed by atoms with Crippen molar-refractivity contribution in [3.63, 3.8) is 0 Å². The highest BCUT2D eigenvalue weighted by molar-refractivity contribution is 5.69. The van der Waals surface area contributed by atoms with Gasteiger partial charge in [-0.1, -0.05) is 123 Å². The maximum atomic E-state index is 12.1. The first-order valence-electron chi connectivity index (χ1n) is 13.9. The van der Waals surface area contributed by atoms with Gasteiger partial charge in [-0.25, -0.2) is 0 Å². The van der Waals surface area contributed by atoms with Crippen molar-refractivity contribution in [2.24, 2.45) is 0 Å². The first-order chi connectivity index (χ1) is 15.9. The maximum absolute atomic E-state index is 12.1. The number of carbonyl (C=O) groups is 1. The van der Waals surface area contributed by atoms with Crippen LogP contribution in [0, 0.1) is 0 Å². The molecule has 1 rings (SSSR count). The molecule has 0 amide bonds.